The van der Waals surface area contributed by atoms with Gasteiger partial charge in [0.25, 0.3) is 5.91 Å². The average Bonchev–Trinajstić information content (AvgIpc) is 2.81. The predicted octanol–water partition coefficient (Wildman–Crippen LogP) is 3.28. The topological polar surface area (TPSA) is 44.1 Å². The van der Waals surface area contributed by atoms with Crippen molar-refractivity contribution >= 4 is 27.3 Å². The second kappa shape index (κ2) is 5.19. The Hall–Kier alpha value is -1.86. The van der Waals surface area contributed by atoms with E-state index in [0.717, 1.165) is 15.6 Å². The van der Waals surface area contributed by atoms with E-state index in [1.807, 2.05) is 36.6 Å². The Morgan fingerprint density at radius 2 is 2.22 bits per heavy atom. The lowest BCUT2D eigenvalue weighted by Gasteiger charge is -2.22. The predicted molar refractivity (Wildman–Crippen MR) is 73.6 cm³/mol. The Morgan fingerprint density at radius 3 is 2.94 bits per heavy atom. The van der Waals surface area contributed by atoms with E-state index >= 15 is 0 Å². The summed E-state index contributed by atoms with van der Waals surface area (Å²) < 4.78 is 1.11. The molecular formula is C14H14N2OS. The normalized spacial score (nSPS) is 12.1. The van der Waals surface area contributed by atoms with Gasteiger partial charge in [-0.3, -0.25) is 4.79 Å². The highest BCUT2D eigenvalue weighted by atomic mass is 32.1. The van der Waals surface area contributed by atoms with E-state index in [2.05, 4.69) is 6.07 Å². The van der Waals surface area contributed by atoms with Crippen molar-refractivity contribution in [2.45, 2.75) is 19.4 Å². The fourth-order valence-electron chi connectivity index (χ4n) is 1.80. The smallest absolute Gasteiger partial charge is 0.255 e. The highest BCUT2D eigenvalue weighted by Crippen LogP contribution is 2.26. The molecule has 0 spiro atoms. The fourth-order valence-corrected chi connectivity index (χ4v) is 2.74. The number of nitriles is 1. The van der Waals surface area contributed by atoms with Crippen LogP contribution in [-0.2, 0) is 0 Å². The van der Waals surface area contributed by atoms with E-state index in [0.29, 0.717) is 6.42 Å². The molecule has 4 heteroatoms. The average molecular weight is 258 g/mol. The minimum atomic E-state index is -0.0684. The fraction of sp³-hybridized carbons (Fsp3) is 0.286. The molecule has 2 rings (SSSR count). The van der Waals surface area contributed by atoms with Crippen LogP contribution in [0.25, 0.3) is 10.1 Å². The molecule has 0 N–H and O–H groups in total. The number of carbonyl (C=O) groups excluding carboxylic acids is 1. The van der Waals surface area contributed by atoms with Gasteiger partial charge in [-0.05, 0) is 13.0 Å². The number of fused-ring (bicyclic) bond motifs is 1. The molecule has 1 atom stereocenters. The Kier molecular flexibility index (Phi) is 3.63. The van der Waals surface area contributed by atoms with Gasteiger partial charge < -0.3 is 4.90 Å². The standard InChI is InChI=1S/C14H14N2OS/c1-10(7-8-15)16(2)14(17)12-9-18-13-6-4-3-5-11(12)13/h3-6,9-10H,7H2,1-2H3. The summed E-state index contributed by atoms with van der Waals surface area (Å²) in [5, 5.41) is 11.6. The van der Waals surface area contributed by atoms with Crippen LogP contribution in [0, 0.1) is 11.3 Å². The summed E-state index contributed by atoms with van der Waals surface area (Å²) in [6, 6.07) is 9.90. The molecule has 0 fully saturated rings. The Balaban J connectivity index is 2.32. The highest BCUT2D eigenvalue weighted by molar-refractivity contribution is 7.17. The van der Waals surface area contributed by atoms with Crippen LogP contribution < -0.4 is 0 Å². The van der Waals surface area contributed by atoms with Crippen LogP contribution in [-0.4, -0.2) is 23.9 Å². The quantitative estimate of drug-likeness (QED) is 0.848. The molecule has 1 aromatic carbocycles. The molecule has 3 nitrogen and oxygen atoms in total. The van der Waals surface area contributed by atoms with Gasteiger partial charge in [0, 0.05) is 28.6 Å². The van der Waals surface area contributed by atoms with E-state index in [1.165, 1.54) is 0 Å². The summed E-state index contributed by atoms with van der Waals surface area (Å²) in [5.74, 6) is -0.0183. The number of amides is 1. The molecule has 1 heterocycles. The van der Waals surface area contributed by atoms with Gasteiger partial charge in [-0.1, -0.05) is 18.2 Å². The van der Waals surface area contributed by atoms with Crippen molar-refractivity contribution in [1.29, 1.82) is 5.26 Å². The van der Waals surface area contributed by atoms with Crippen LogP contribution in [0.5, 0.6) is 0 Å². The Labute approximate surface area is 110 Å². The summed E-state index contributed by atoms with van der Waals surface area (Å²) in [5.41, 5.74) is 0.725. The minimum Gasteiger partial charge on any atom is -0.338 e. The molecule has 0 saturated carbocycles. The number of benzene rings is 1. The van der Waals surface area contributed by atoms with Crippen molar-refractivity contribution in [3.05, 3.63) is 35.2 Å². The van der Waals surface area contributed by atoms with Crippen molar-refractivity contribution in [3.63, 3.8) is 0 Å². The van der Waals surface area contributed by atoms with Crippen LogP contribution in [0.15, 0.2) is 29.6 Å². The van der Waals surface area contributed by atoms with Gasteiger partial charge in [-0.15, -0.1) is 11.3 Å². The van der Waals surface area contributed by atoms with Crippen LogP contribution in [0.1, 0.15) is 23.7 Å². The molecule has 1 amide bonds. The molecule has 18 heavy (non-hydrogen) atoms. The van der Waals surface area contributed by atoms with Gasteiger partial charge in [0.15, 0.2) is 0 Å². The summed E-state index contributed by atoms with van der Waals surface area (Å²) in [6.45, 7) is 1.88. The van der Waals surface area contributed by atoms with E-state index in [-0.39, 0.29) is 11.9 Å². The first kappa shape index (κ1) is 12.6. The Bertz CT molecular complexity index is 612. The number of carbonyl (C=O) groups is 1. The molecule has 0 aliphatic heterocycles. The van der Waals surface area contributed by atoms with Crippen molar-refractivity contribution < 1.29 is 4.79 Å². The number of thiophene rings is 1. The summed E-state index contributed by atoms with van der Waals surface area (Å²) >= 11 is 1.57. The number of hydrogen-bond donors (Lipinski definition) is 0. The van der Waals surface area contributed by atoms with Crippen molar-refractivity contribution in [2.24, 2.45) is 0 Å². The van der Waals surface area contributed by atoms with Crippen molar-refractivity contribution in [3.8, 4) is 6.07 Å². The first-order chi connectivity index (χ1) is 8.65. The maximum atomic E-state index is 12.4. The molecule has 1 aromatic heterocycles. The maximum absolute atomic E-state index is 12.4. The summed E-state index contributed by atoms with van der Waals surface area (Å²) in [4.78, 5) is 14.0. The maximum Gasteiger partial charge on any atom is 0.255 e. The molecule has 0 bridgehead atoms. The van der Waals surface area contributed by atoms with Crippen LogP contribution in [0.2, 0.25) is 0 Å². The van der Waals surface area contributed by atoms with Crippen LogP contribution in [0.4, 0.5) is 0 Å². The zero-order chi connectivity index (χ0) is 13.1. The SMILES string of the molecule is CC(CC#N)N(C)C(=O)c1csc2ccccc12. The van der Waals surface area contributed by atoms with Gasteiger partial charge >= 0.3 is 0 Å². The minimum absolute atomic E-state index is 0.0183. The van der Waals surface area contributed by atoms with Gasteiger partial charge in [-0.2, -0.15) is 5.26 Å². The molecule has 2 aromatic rings. The first-order valence-electron chi connectivity index (χ1n) is 5.75. The first-order valence-corrected chi connectivity index (χ1v) is 6.63. The van der Waals surface area contributed by atoms with Crippen molar-refractivity contribution in [1.82, 2.24) is 4.90 Å². The highest BCUT2D eigenvalue weighted by Gasteiger charge is 2.19. The number of rotatable bonds is 3. The molecule has 0 saturated heterocycles. The van der Waals surface area contributed by atoms with E-state index in [9.17, 15) is 4.79 Å². The van der Waals surface area contributed by atoms with Crippen molar-refractivity contribution in [2.75, 3.05) is 7.05 Å². The number of hydrogen-bond acceptors (Lipinski definition) is 3. The third kappa shape index (κ3) is 2.22. The van der Waals surface area contributed by atoms with Gasteiger partial charge in [0.1, 0.15) is 0 Å². The van der Waals surface area contributed by atoms with Gasteiger partial charge in [0.2, 0.25) is 0 Å². The van der Waals surface area contributed by atoms with E-state index in [1.54, 1.807) is 23.3 Å². The zero-order valence-electron chi connectivity index (χ0n) is 10.4. The van der Waals surface area contributed by atoms with Crippen LogP contribution in [0.3, 0.4) is 0 Å². The van der Waals surface area contributed by atoms with Gasteiger partial charge in [0.05, 0.1) is 18.1 Å². The zero-order valence-corrected chi connectivity index (χ0v) is 11.2. The second-order valence-electron chi connectivity index (χ2n) is 4.27. The molecule has 0 radical (unpaired) electrons. The molecule has 0 aliphatic carbocycles. The molecular weight excluding hydrogens is 244 g/mol. The second-order valence-corrected chi connectivity index (χ2v) is 5.18. The summed E-state index contributed by atoms with van der Waals surface area (Å²) in [6.07, 6.45) is 0.351. The largest absolute Gasteiger partial charge is 0.338 e. The number of nitrogens with zero attached hydrogens (tertiary/aromatic N) is 2. The monoisotopic (exact) mass is 258 g/mol. The van der Waals surface area contributed by atoms with Crippen LogP contribution >= 0.6 is 11.3 Å². The molecule has 92 valence electrons. The third-order valence-corrected chi connectivity index (χ3v) is 4.04. The summed E-state index contributed by atoms with van der Waals surface area (Å²) in [7, 11) is 1.75. The Morgan fingerprint density at radius 1 is 1.50 bits per heavy atom. The van der Waals surface area contributed by atoms with Gasteiger partial charge in [-0.25, -0.2) is 0 Å². The molecule has 1 unspecified atom stereocenters. The lowest BCUT2D eigenvalue weighted by atomic mass is 10.1. The van der Waals surface area contributed by atoms with E-state index in [4.69, 9.17) is 5.26 Å². The third-order valence-electron chi connectivity index (χ3n) is 3.08. The lowest BCUT2D eigenvalue weighted by molar-refractivity contribution is 0.0748. The molecule has 0 aliphatic rings. The lowest BCUT2D eigenvalue weighted by Crippen LogP contribution is -2.34. The van der Waals surface area contributed by atoms with E-state index < -0.39 is 0 Å².